The van der Waals surface area contributed by atoms with Gasteiger partial charge in [-0.3, -0.25) is 0 Å². The fourth-order valence-corrected chi connectivity index (χ4v) is 0.770. The van der Waals surface area contributed by atoms with Gasteiger partial charge >= 0.3 is 0 Å². The van der Waals surface area contributed by atoms with Crippen molar-refractivity contribution in [1.29, 1.82) is 0 Å². The fraction of sp³-hybridized carbons (Fsp3) is 1.00. The van der Waals surface area contributed by atoms with E-state index in [2.05, 4.69) is 6.92 Å². The van der Waals surface area contributed by atoms with Crippen LogP contribution in [0.2, 0.25) is 0 Å². The Morgan fingerprint density at radius 2 is 2.00 bits per heavy atom. The standard InChI is InChI=1S/C8H17ClO/c1-3-5-6-7-10-8(9)4-2/h8H,3-7H2,1-2H3. The number of halogens is 1. The van der Waals surface area contributed by atoms with Crippen molar-refractivity contribution >= 4 is 11.6 Å². The lowest BCUT2D eigenvalue weighted by molar-refractivity contribution is 0.102. The molecule has 0 aromatic heterocycles. The van der Waals surface area contributed by atoms with Crippen molar-refractivity contribution in [2.45, 2.75) is 45.1 Å². The highest BCUT2D eigenvalue weighted by Gasteiger charge is 1.98. The van der Waals surface area contributed by atoms with Crippen molar-refractivity contribution in [2.75, 3.05) is 6.61 Å². The van der Waals surface area contributed by atoms with Crippen LogP contribution in [0.3, 0.4) is 0 Å². The van der Waals surface area contributed by atoms with E-state index in [1.54, 1.807) is 0 Å². The quantitative estimate of drug-likeness (QED) is 0.433. The van der Waals surface area contributed by atoms with Gasteiger partial charge in [-0.05, 0) is 12.8 Å². The van der Waals surface area contributed by atoms with Crippen LogP contribution in [-0.2, 0) is 4.74 Å². The minimum Gasteiger partial charge on any atom is -0.363 e. The third kappa shape index (κ3) is 6.37. The third-order valence-corrected chi connectivity index (χ3v) is 1.80. The molecule has 0 saturated carbocycles. The SMILES string of the molecule is CCCCCOC(Cl)CC. The number of unbranched alkanes of at least 4 members (excludes halogenated alkanes) is 2. The molecule has 62 valence electrons. The molecule has 0 aliphatic rings. The topological polar surface area (TPSA) is 9.23 Å². The number of rotatable bonds is 6. The summed E-state index contributed by atoms with van der Waals surface area (Å²) < 4.78 is 5.26. The first kappa shape index (κ1) is 10.2. The van der Waals surface area contributed by atoms with Crippen LogP contribution in [0.5, 0.6) is 0 Å². The lowest BCUT2D eigenvalue weighted by atomic mass is 10.3. The van der Waals surface area contributed by atoms with E-state index < -0.39 is 0 Å². The molecule has 10 heavy (non-hydrogen) atoms. The predicted molar refractivity (Wildman–Crippen MR) is 45.4 cm³/mol. The molecule has 0 bridgehead atoms. The van der Waals surface area contributed by atoms with Crippen LogP contribution in [-0.4, -0.2) is 12.2 Å². The summed E-state index contributed by atoms with van der Waals surface area (Å²) in [7, 11) is 0. The molecular weight excluding hydrogens is 148 g/mol. The smallest absolute Gasteiger partial charge is 0.130 e. The third-order valence-electron chi connectivity index (χ3n) is 1.37. The average molecular weight is 165 g/mol. The summed E-state index contributed by atoms with van der Waals surface area (Å²) in [6.07, 6.45) is 4.52. The summed E-state index contributed by atoms with van der Waals surface area (Å²) in [5.41, 5.74) is -0.0724. The Morgan fingerprint density at radius 3 is 2.50 bits per heavy atom. The van der Waals surface area contributed by atoms with Crippen molar-refractivity contribution in [3.05, 3.63) is 0 Å². The molecule has 0 heterocycles. The zero-order valence-electron chi connectivity index (χ0n) is 6.90. The maximum Gasteiger partial charge on any atom is 0.130 e. The Morgan fingerprint density at radius 1 is 1.30 bits per heavy atom. The van der Waals surface area contributed by atoms with Gasteiger partial charge in [-0.25, -0.2) is 0 Å². The maximum atomic E-state index is 5.72. The molecule has 0 fully saturated rings. The molecule has 0 rings (SSSR count). The zero-order valence-corrected chi connectivity index (χ0v) is 7.66. The molecule has 1 atom stereocenters. The lowest BCUT2D eigenvalue weighted by Crippen LogP contribution is -2.04. The van der Waals surface area contributed by atoms with Crippen LogP contribution in [0.1, 0.15) is 39.5 Å². The van der Waals surface area contributed by atoms with Crippen LogP contribution in [0.25, 0.3) is 0 Å². The first-order valence-electron chi connectivity index (χ1n) is 4.07. The molecule has 0 aliphatic heterocycles. The minimum absolute atomic E-state index is 0.0724. The second-order valence-electron chi connectivity index (χ2n) is 2.40. The highest BCUT2D eigenvalue weighted by atomic mass is 35.5. The van der Waals surface area contributed by atoms with Gasteiger partial charge in [0, 0.05) is 6.61 Å². The summed E-state index contributed by atoms with van der Waals surface area (Å²) in [6, 6.07) is 0. The molecule has 0 spiro atoms. The van der Waals surface area contributed by atoms with Gasteiger partial charge in [0.15, 0.2) is 0 Å². The van der Waals surface area contributed by atoms with E-state index >= 15 is 0 Å². The molecule has 1 unspecified atom stereocenters. The van der Waals surface area contributed by atoms with Crippen LogP contribution >= 0.6 is 11.6 Å². The summed E-state index contributed by atoms with van der Waals surface area (Å²) in [6.45, 7) is 5.02. The summed E-state index contributed by atoms with van der Waals surface area (Å²) >= 11 is 5.72. The van der Waals surface area contributed by atoms with Gasteiger partial charge in [-0.15, -0.1) is 0 Å². The maximum absolute atomic E-state index is 5.72. The zero-order chi connectivity index (χ0) is 7.82. The molecule has 0 aliphatic carbocycles. The van der Waals surface area contributed by atoms with E-state index in [-0.39, 0.29) is 5.56 Å². The van der Waals surface area contributed by atoms with Crippen molar-refractivity contribution in [3.63, 3.8) is 0 Å². The second kappa shape index (κ2) is 7.36. The molecule has 0 saturated heterocycles. The Hall–Kier alpha value is 0.250. The Bertz CT molecular complexity index is 66.3. The Labute approximate surface area is 68.7 Å². The highest BCUT2D eigenvalue weighted by Crippen LogP contribution is 2.04. The van der Waals surface area contributed by atoms with Crippen molar-refractivity contribution < 1.29 is 4.74 Å². The van der Waals surface area contributed by atoms with E-state index in [1.807, 2.05) is 6.92 Å². The van der Waals surface area contributed by atoms with Gasteiger partial charge in [-0.2, -0.15) is 0 Å². The first-order chi connectivity index (χ1) is 4.81. The highest BCUT2D eigenvalue weighted by molar-refractivity contribution is 6.19. The van der Waals surface area contributed by atoms with Crippen LogP contribution < -0.4 is 0 Å². The number of hydrogen-bond donors (Lipinski definition) is 0. The number of alkyl halides is 1. The van der Waals surface area contributed by atoms with Crippen LogP contribution in [0.15, 0.2) is 0 Å². The number of ether oxygens (including phenoxy) is 1. The van der Waals surface area contributed by atoms with Crippen molar-refractivity contribution in [1.82, 2.24) is 0 Å². The summed E-state index contributed by atoms with van der Waals surface area (Å²) in [5.74, 6) is 0. The molecule has 0 aromatic rings. The molecule has 0 radical (unpaired) electrons. The Balaban J connectivity index is 2.89. The van der Waals surface area contributed by atoms with Crippen molar-refractivity contribution in [2.24, 2.45) is 0 Å². The van der Waals surface area contributed by atoms with Gasteiger partial charge in [0.2, 0.25) is 0 Å². The van der Waals surface area contributed by atoms with Crippen LogP contribution in [0, 0.1) is 0 Å². The molecule has 1 nitrogen and oxygen atoms in total. The molecular formula is C8H17ClO. The van der Waals surface area contributed by atoms with Gasteiger partial charge in [0.1, 0.15) is 5.56 Å². The second-order valence-corrected chi connectivity index (χ2v) is 2.88. The van der Waals surface area contributed by atoms with E-state index in [4.69, 9.17) is 16.3 Å². The largest absolute Gasteiger partial charge is 0.363 e. The lowest BCUT2D eigenvalue weighted by Gasteiger charge is -2.06. The molecule has 0 N–H and O–H groups in total. The van der Waals surface area contributed by atoms with Gasteiger partial charge in [0.05, 0.1) is 0 Å². The summed E-state index contributed by atoms with van der Waals surface area (Å²) in [5, 5.41) is 0. The number of hydrogen-bond acceptors (Lipinski definition) is 1. The van der Waals surface area contributed by atoms with Gasteiger partial charge < -0.3 is 4.74 Å². The normalized spacial score (nSPS) is 13.5. The molecule has 0 aromatic carbocycles. The monoisotopic (exact) mass is 164 g/mol. The van der Waals surface area contributed by atoms with Crippen LogP contribution in [0.4, 0.5) is 0 Å². The Kier molecular flexibility index (Phi) is 7.54. The summed E-state index contributed by atoms with van der Waals surface area (Å²) in [4.78, 5) is 0. The van der Waals surface area contributed by atoms with E-state index in [0.717, 1.165) is 19.4 Å². The van der Waals surface area contributed by atoms with Gasteiger partial charge in [0.25, 0.3) is 0 Å². The van der Waals surface area contributed by atoms with Gasteiger partial charge in [-0.1, -0.05) is 38.3 Å². The molecule has 0 amide bonds. The predicted octanol–water partition coefficient (Wildman–Crippen LogP) is 3.17. The van der Waals surface area contributed by atoms with E-state index in [9.17, 15) is 0 Å². The fourth-order valence-electron chi connectivity index (χ4n) is 0.681. The average Bonchev–Trinajstić information content (AvgIpc) is 1.98. The first-order valence-corrected chi connectivity index (χ1v) is 4.50. The van der Waals surface area contributed by atoms with Crippen molar-refractivity contribution in [3.8, 4) is 0 Å². The van der Waals surface area contributed by atoms with E-state index in [1.165, 1.54) is 12.8 Å². The van der Waals surface area contributed by atoms with E-state index in [0.29, 0.717) is 0 Å². The minimum atomic E-state index is -0.0724. The molecule has 2 heteroatoms.